The largest absolute Gasteiger partial charge is 0.338 e. The number of carbonyl (C=O) groups is 1. The van der Waals surface area contributed by atoms with E-state index < -0.39 is 0 Å². The Bertz CT molecular complexity index is 456. The van der Waals surface area contributed by atoms with Crippen molar-refractivity contribution in [1.82, 2.24) is 14.7 Å². The molecule has 5 heteroatoms. The smallest absolute Gasteiger partial charge is 0.257 e. The normalized spacial score (nSPS) is 31.4. The number of nitrogens with two attached hydrogens (primary N) is 1. The molecule has 1 aliphatic carbocycles. The van der Waals surface area contributed by atoms with E-state index in [1.54, 1.807) is 17.1 Å². The number of amides is 1. The molecule has 0 radical (unpaired) electrons. The van der Waals surface area contributed by atoms with E-state index in [0.29, 0.717) is 23.4 Å². The van der Waals surface area contributed by atoms with Crippen molar-refractivity contribution in [2.75, 3.05) is 13.1 Å². The second-order valence-electron chi connectivity index (χ2n) is 5.71. The van der Waals surface area contributed by atoms with Crippen molar-refractivity contribution in [2.45, 2.75) is 25.3 Å². The lowest BCUT2D eigenvalue weighted by Gasteiger charge is -2.27. The van der Waals surface area contributed by atoms with E-state index in [9.17, 15) is 4.79 Å². The van der Waals surface area contributed by atoms with Crippen molar-refractivity contribution in [1.29, 1.82) is 0 Å². The van der Waals surface area contributed by atoms with Crippen molar-refractivity contribution >= 4 is 5.91 Å². The van der Waals surface area contributed by atoms with E-state index >= 15 is 0 Å². The molecule has 3 rings (SSSR count). The first-order valence-corrected chi connectivity index (χ1v) is 6.67. The molecule has 1 amide bonds. The van der Waals surface area contributed by atoms with Crippen LogP contribution in [0.5, 0.6) is 0 Å². The van der Waals surface area contributed by atoms with Crippen molar-refractivity contribution < 1.29 is 4.79 Å². The van der Waals surface area contributed by atoms with Gasteiger partial charge < -0.3 is 10.6 Å². The van der Waals surface area contributed by atoms with Crippen LogP contribution in [0.2, 0.25) is 0 Å². The molecule has 5 nitrogen and oxygen atoms in total. The number of hydrogen-bond acceptors (Lipinski definition) is 3. The summed E-state index contributed by atoms with van der Waals surface area (Å²) in [5.41, 5.74) is 6.70. The van der Waals surface area contributed by atoms with Gasteiger partial charge in [-0.05, 0) is 31.1 Å². The minimum atomic E-state index is 0.117. The molecule has 1 aliphatic heterocycles. The van der Waals surface area contributed by atoms with Gasteiger partial charge in [-0.1, -0.05) is 0 Å². The quantitative estimate of drug-likeness (QED) is 0.792. The molecule has 0 spiro atoms. The summed E-state index contributed by atoms with van der Waals surface area (Å²) in [5.74, 6) is 1.38. The van der Waals surface area contributed by atoms with E-state index in [0.717, 1.165) is 25.9 Å². The fraction of sp³-hybridized carbons (Fsp3) is 0.692. The average Bonchev–Trinajstić information content (AvgIpc) is 2.93. The summed E-state index contributed by atoms with van der Waals surface area (Å²) in [6.45, 7) is 1.76. The number of fused-ring (bicyclic) bond motifs is 1. The van der Waals surface area contributed by atoms with E-state index in [2.05, 4.69) is 5.10 Å². The Morgan fingerprint density at radius 2 is 2.17 bits per heavy atom. The highest BCUT2D eigenvalue weighted by Crippen LogP contribution is 2.36. The summed E-state index contributed by atoms with van der Waals surface area (Å²) in [5, 5.41) is 4.06. The van der Waals surface area contributed by atoms with Crippen LogP contribution in [0.3, 0.4) is 0 Å². The molecular formula is C13H20N4O. The summed E-state index contributed by atoms with van der Waals surface area (Å²) in [6.07, 6.45) is 6.78. The molecule has 3 atom stereocenters. The summed E-state index contributed by atoms with van der Waals surface area (Å²) in [7, 11) is 1.83. The van der Waals surface area contributed by atoms with Gasteiger partial charge >= 0.3 is 0 Å². The number of carbonyl (C=O) groups excluding carboxylic acids is 1. The van der Waals surface area contributed by atoms with Gasteiger partial charge in [-0.15, -0.1) is 0 Å². The van der Waals surface area contributed by atoms with Gasteiger partial charge in [-0.3, -0.25) is 9.48 Å². The molecule has 1 saturated heterocycles. The minimum Gasteiger partial charge on any atom is -0.338 e. The second kappa shape index (κ2) is 4.39. The Kier molecular flexibility index (Phi) is 2.86. The van der Waals surface area contributed by atoms with Crippen LogP contribution in [-0.4, -0.2) is 39.7 Å². The Labute approximate surface area is 107 Å². The van der Waals surface area contributed by atoms with Gasteiger partial charge in [0.1, 0.15) is 0 Å². The zero-order valence-corrected chi connectivity index (χ0v) is 10.7. The molecule has 1 unspecified atom stereocenters. The van der Waals surface area contributed by atoms with E-state index in [1.165, 1.54) is 6.42 Å². The van der Waals surface area contributed by atoms with Crippen molar-refractivity contribution in [3.05, 3.63) is 18.0 Å². The molecule has 2 aliphatic rings. The van der Waals surface area contributed by atoms with Crippen molar-refractivity contribution in [3.8, 4) is 0 Å². The average molecular weight is 248 g/mol. The van der Waals surface area contributed by atoms with Crippen LogP contribution in [0, 0.1) is 11.8 Å². The summed E-state index contributed by atoms with van der Waals surface area (Å²) >= 11 is 0. The van der Waals surface area contributed by atoms with Gasteiger partial charge in [-0.2, -0.15) is 5.10 Å². The topological polar surface area (TPSA) is 64.2 Å². The zero-order valence-electron chi connectivity index (χ0n) is 10.7. The van der Waals surface area contributed by atoms with Crippen LogP contribution in [-0.2, 0) is 7.05 Å². The maximum absolute atomic E-state index is 12.3. The molecule has 0 bridgehead atoms. The predicted molar refractivity (Wildman–Crippen MR) is 67.9 cm³/mol. The Hall–Kier alpha value is -1.36. The number of hydrogen-bond donors (Lipinski definition) is 1. The molecule has 2 N–H and O–H groups in total. The number of likely N-dealkylation sites (tertiary alicyclic amines) is 1. The molecule has 2 fully saturated rings. The van der Waals surface area contributed by atoms with E-state index in [4.69, 9.17) is 5.73 Å². The highest BCUT2D eigenvalue weighted by atomic mass is 16.2. The zero-order chi connectivity index (χ0) is 12.7. The summed E-state index contributed by atoms with van der Waals surface area (Å²) in [6, 6.07) is 0.333. The highest BCUT2D eigenvalue weighted by molar-refractivity contribution is 5.93. The van der Waals surface area contributed by atoms with Gasteiger partial charge in [-0.25, -0.2) is 0 Å². The lowest BCUT2D eigenvalue weighted by Crippen LogP contribution is -2.32. The van der Waals surface area contributed by atoms with Gasteiger partial charge in [0.05, 0.1) is 11.8 Å². The molecule has 1 aromatic heterocycles. The molecule has 0 aromatic carbocycles. The summed E-state index contributed by atoms with van der Waals surface area (Å²) < 4.78 is 1.67. The number of aromatic nitrogens is 2. The van der Waals surface area contributed by atoms with Gasteiger partial charge in [0.2, 0.25) is 0 Å². The van der Waals surface area contributed by atoms with Gasteiger partial charge in [0.15, 0.2) is 0 Å². The van der Waals surface area contributed by atoms with Crippen LogP contribution in [0.4, 0.5) is 0 Å². The Balaban J connectivity index is 1.70. The van der Waals surface area contributed by atoms with E-state index in [-0.39, 0.29) is 5.91 Å². The first kappa shape index (κ1) is 11.7. The van der Waals surface area contributed by atoms with Crippen LogP contribution < -0.4 is 5.73 Å². The highest BCUT2D eigenvalue weighted by Gasteiger charge is 2.38. The number of nitrogens with zero attached hydrogens (tertiary/aromatic N) is 3. The third-order valence-corrected chi connectivity index (χ3v) is 4.33. The van der Waals surface area contributed by atoms with E-state index in [1.807, 2.05) is 11.9 Å². The van der Waals surface area contributed by atoms with Crippen LogP contribution in [0.15, 0.2) is 12.4 Å². The molecular weight excluding hydrogens is 228 g/mol. The second-order valence-corrected chi connectivity index (χ2v) is 5.71. The van der Waals surface area contributed by atoms with Gasteiger partial charge in [0, 0.05) is 32.4 Å². The minimum absolute atomic E-state index is 0.117. The van der Waals surface area contributed by atoms with Gasteiger partial charge in [0.25, 0.3) is 5.91 Å². The molecule has 18 heavy (non-hydrogen) atoms. The lowest BCUT2D eigenvalue weighted by atomic mass is 9.79. The van der Waals surface area contributed by atoms with Crippen LogP contribution >= 0.6 is 0 Å². The number of aryl methyl sites for hydroxylation is 1. The monoisotopic (exact) mass is 248 g/mol. The first-order chi connectivity index (χ1) is 8.63. The Morgan fingerprint density at radius 1 is 1.39 bits per heavy atom. The third-order valence-electron chi connectivity index (χ3n) is 4.33. The molecule has 1 saturated carbocycles. The molecule has 2 heterocycles. The fourth-order valence-corrected chi connectivity index (χ4v) is 3.35. The van der Waals surface area contributed by atoms with Crippen molar-refractivity contribution in [3.63, 3.8) is 0 Å². The predicted octanol–water partition coefficient (Wildman–Crippen LogP) is 0.620. The third kappa shape index (κ3) is 2.03. The maximum atomic E-state index is 12.3. The summed E-state index contributed by atoms with van der Waals surface area (Å²) in [4.78, 5) is 14.3. The lowest BCUT2D eigenvalue weighted by molar-refractivity contribution is 0.0784. The van der Waals surface area contributed by atoms with Crippen LogP contribution in [0.1, 0.15) is 29.6 Å². The Morgan fingerprint density at radius 3 is 2.89 bits per heavy atom. The maximum Gasteiger partial charge on any atom is 0.257 e. The van der Waals surface area contributed by atoms with Crippen molar-refractivity contribution in [2.24, 2.45) is 24.6 Å². The SMILES string of the molecule is Cn1cc(C(=O)N2C[C@H]3CCC(N)C[C@H]3C2)cn1. The molecule has 98 valence electrons. The fourth-order valence-electron chi connectivity index (χ4n) is 3.35. The van der Waals surface area contributed by atoms with Crippen LogP contribution in [0.25, 0.3) is 0 Å². The first-order valence-electron chi connectivity index (χ1n) is 6.67. The standard InChI is InChI=1S/C13H20N4O/c1-16-6-11(5-15-16)13(18)17-7-9-2-3-12(14)4-10(9)8-17/h5-6,9-10,12H,2-4,7-8,14H2,1H3/t9-,10+,12?/m1/s1. The number of rotatable bonds is 1. The molecule has 1 aromatic rings.